The predicted octanol–water partition coefficient (Wildman–Crippen LogP) is 4.08. The summed E-state index contributed by atoms with van der Waals surface area (Å²) in [6.45, 7) is 2.50. The molecule has 33 heavy (non-hydrogen) atoms. The molecule has 0 saturated carbocycles. The number of aromatic nitrogens is 2. The number of amides is 1. The van der Waals surface area contributed by atoms with E-state index >= 15 is 0 Å². The number of methoxy groups -OCH3 is 2. The summed E-state index contributed by atoms with van der Waals surface area (Å²) in [4.78, 5) is 31.5. The molecule has 172 valence electrons. The van der Waals surface area contributed by atoms with Crippen LogP contribution < -0.4 is 20.3 Å². The van der Waals surface area contributed by atoms with Crippen LogP contribution in [-0.2, 0) is 17.8 Å². The van der Waals surface area contributed by atoms with Crippen molar-refractivity contribution in [2.24, 2.45) is 0 Å². The zero-order valence-corrected chi connectivity index (χ0v) is 20.3. The highest BCUT2D eigenvalue weighted by atomic mass is 32.2. The van der Waals surface area contributed by atoms with Crippen molar-refractivity contribution in [1.29, 1.82) is 0 Å². The van der Waals surface area contributed by atoms with Gasteiger partial charge in [-0.3, -0.25) is 14.2 Å². The Bertz CT molecular complexity index is 1210. The van der Waals surface area contributed by atoms with Crippen LogP contribution in [0.5, 0.6) is 11.5 Å². The van der Waals surface area contributed by atoms with E-state index in [0.717, 1.165) is 22.6 Å². The SMILES string of the molecule is COc1ccc(NC(=O)CSc2nc3c(c(=O)n2Cc2ccccc2)S[C@H](C)C3)c(OC)c1. The molecule has 9 heteroatoms. The van der Waals surface area contributed by atoms with Crippen molar-refractivity contribution < 1.29 is 14.3 Å². The minimum Gasteiger partial charge on any atom is -0.497 e. The first kappa shape index (κ1) is 23.3. The molecular weight excluding hydrogens is 458 g/mol. The van der Waals surface area contributed by atoms with Gasteiger partial charge in [-0.2, -0.15) is 0 Å². The van der Waals surface area contributed by atoms with Gasteiger partial charge in [0.2, 0.25) is 5.91 Å². The molecule has 4 rings (SSSR count). The number of hydrogen-bond acceptors (Lipinski definition) is 7. The molecule has 1 atom stereocenters. The van der Waals surface area contributed by atoms with E-state index in [1.54, 1.807) is 41.6 Å². The normalized spacial score (nSPS) is 14.6. The molecule has 0 fully saturated rings. The number of anilines is 1. The average molecular weight is 484 g/mol. The fourth-order valence-corrected chi connectivity index (χ4v) is 5.50. The van der Waals surface area contributed by atoms with Gasteiger partial charge in [0.05, 0.1) is 42.8 Å². The van der Waals surface area contributed by atoms with E-state index < -0.39 is 0 Å². The van der Waals surface area contributed by atoms with Gasteiger partial charge in [-0.1, -0.05) is 49.0 Å². The van der Waals surface area contributed by atoms with Gasteiger partial charge in [0.25, 0.3) is 5.56 Å². The number of ether oxygens (including phenoxy) is 2. The van der Waals surface area contributed by atoms with Gasteiger partial charge in [-0.05, 0) is 17.7 Å². The van der Waals surface area contributed by atoms with Gasteiger partial charge < -0.3 is 14.8 Å². The van der Waals surface area contributed by atoms with Crippen molar-refractivity contribution in [3.63, 3.8) is 0 Å². The van der Waals surface area contributed by atoms with Crippen LogP contribution in [0.25, 0.3) is 0 Å². The van der Waals surface area contributed by atoms with E-state index in [4.69, 9.17) is 14.5 Å². The lowest BCUT2D eigenvalue weighted by Gasteiger charge is -2.14. The zero-order valence-electron chi connectivity index (χ0n) is 18.7. The largest absolute Gasteiger partial charge is 0.497 e. The molecule has 0 unspecified atom stereocenters. The fraction of sp³-hybridized carbons (Fsp3) is 0.292. The number of hydrogen-bond donors (Lipinski definition) is 1. The molecule has 0 bridgehead atoms. The summed E-state index contributed by atoms with van der Waals surface area (Å²) < 4.78 is 12.2. The first-order valence-electron chi connectivity index (χ1n) is 10.5. The summed E-state index contributed by atoms with van der Waals surface area (Å²) in [6.07, 6.45) is 0.754. The molecule has 1 aromatic heterocycles. The van der Waals surface area contributed by atoms with E-state index in [2.05, 4.69) is 12.2 Å². The second-order valence-corrected chi connectivity index (χ2v) is 9.97. The molecule has 0 spiro atoms. The Hall–Kier alpha value is -2.91. The number of nitrogens with one attached hydrogen (secondary N) is 1. The van der Waals surface area contributed by atoms with Crippen LogP contribution in [0.15, 0.2) is 63.4 Å². The molecule has 0 radical (unpaired) electrons. The van der Waals surface area contributed by atoms with E-state index in [0.29, 0.717) is 34.1 Å². The van der Waals surface area contributed by atoms with Crippen LogP contribution >= 0.6 is 23.5 Å². The number of benzene rings is 2. The van der Waals surface area contributed by atoms with Crippen LogP contribution in [-0.4, -0.2) is 40.7 Å². The Morgan fingerprint density at radius 2 is 2.00 bits per heavy atom. The monoisotopic (exact) mass is 483 g/mol. The summed E-state index contributed by atoms with van der Waals surface area (Å²) in [6, 6.07) is 15.0. The second-order valence-electron chi connectivity index (χ2n) is 7.58. The molecule has 0 saturated heterocycles. The molecular formula is C24H25N3O4S2. The van der Waals surface area contributed by atoms with Gasteiger partial charge in [-0.15, -0.1) is 11.8 Å². The number of carbonyl (C=O) groups is 1. The van der Waals surface area contributed by atoms with Crippen molar-refractivity contribution in [1.82, 2.24) is 9.55 Å². The Morgan fingerprint density at radius 3 is 2.73 bits per heavy atom. The summed E-state index contributed by atoms with van der Waals surface area (Å²) in [7, 11) is 3.11. The van der Waals surface area contributed by atoms with Gasteiger partial charge >= 0.3 is 0 Å². The molecule has 2 aromatic carbocycles. The number of thioether (sulfide) groups is 2. The Balaban J connectivity index is 1.55. The maximum absolute atomic E-state index is 13.3. The van der Waals surface area contributed by atoms with E-state index in [1.165, 1.54) is 18.9 Å². The van der Waals surface area contributed by atoms with Crippen LogP contribution in [0.3, 0.4) is 0 Å². The third-order valence-electron chi connectivity index (χ3n) is 5.16. The first-order valence-corrected chi connectivity index (χ1v) is 12.3. The van der Waals surface area contributed by atoms with Crippen LogP contribution in [0.4, 0.5) is 5.69 Å². The maximum atomic E-state index is 13.3. The quantitative estimate of drug-likeness (QED) is 0.382. The van der Waals surface area contributed by atoms with E-state index in [-0.39, 0.29) is 17.2 Å². The Kier molecular flexibility index (Phi) is 7.29. The van der Waals surface area contributed by atoms with Crippen LogP contribution in [0, 0.1) is 0 Å². The summed E-state index contributed by atoms with van der Waals surface area (Å²) in [5, 5.41) is 3.73. The lowest BCUT2D eigenvalue weighted by Crippen LogP contribution is -2.26. The van der Waals surface area contributed by atoms with E-state index in [1.807, 2.05) is 30.3 Å². The molecule has 1 aliphatic rings. The summed E-state index contributed by atoms with van der Waals surface area (Å²) in [5.41, 5.74) is 2.34. The molecule has 0 aliphatic carbocycles. The molecule has 1 N–H and O–H groups in total. The molecule has 3 aromatic rings. The summed E-state index contributed by atoms with van der Waals surface area (Å²) >= 11 is 2.84. The van der Waals surface area contributed by atoms with Crippen molar-refractivity contribution >= 4 is 35.1 Å². The Labute approximate surface area is 200 Å². The smallest absolute Gasteiger partial charge is 0.268 e. The van der Waals surface area contributed by atoms with Crippen LogP contribution in [0.1, 0.15) is 18.2 Å². The molecule has 2 heterocycles. The van der Waals surface area contributed by atoms with Crippen molar-refractivity contribution in [2.75, 3.05) is 25.3 Å². The summed E-state index contributed by atoms with van der Waals surface area (Å²) in [5.74, 6) is 1.04. The number of rotatable bonds is 8. The second kappa shape index (κ2) is 10.4. The number of fused-ring (bicyclic) bond motifs is 1. The van der Waals surface area contributed by atoms with Gasteiger partial charge in [0.15, 0.2) is 5.16 Å². The number of carbonyl (C=O) groups excluding carboxylic acids is 1. The maximum Gasteiger partial charge on any atom is 0.268 e. The lowest BCUT2D eigenvalue weighted by molar-refractivity contribution is -0.113. The molecule has 7 nitrogen and oxygen atoms in total. The number of nitrogens with zero attached hydrogens (tertiary/aromatic N) is 2. The predicted molar refractivity (Wildman–Crippen MR) is 132 cm³/mol. The van der Waals surface area contributed by atoms with Crippen LogP contribution in [0.2, 0.25) is 0 Å². The molecule has 1 aliphatic heterocycles. The molecule has 1 amide bonds. The first-order chi connectivity index (χ1) is 16.0. The van der Waals surface area contributed by atoms with Crippen molar-refractivity contribution in [3.8, 4) is 11.5 Å². The minimum absolute atomic E-state index is 0.0436. The zero-order chi connectivity index (χ0) is 23.4. The standard InChI is InChI=1S/C24H25N3O4S2/c1-15-11-19-22(33-15)23(29)27(13-16-7-5-4-6-8-16)24(26-19)32-14-21(28)25-18-10-9-17(30-2)12-20(18)31-3/h4-10,12,15H,11,13-14H2,1-3H3,(H,25,28)/t15-/m1/s1. The Morgan fingerprint density at radius 1 is 1.21 bits per heavy atom. The highest BCUT2D eigenvalue weighted by Crippen LogP contribution is 2.34. The van der Waals surface area contributed by atoms with Crippen molar-refractivity contribution in [2.45, 2.75) is 35.2 Å². The fourth-order valence-electron chi connectivity index (χ4n) is 3.57. The third-order valence-corrected chi connectivity index (χ3v) is 7.35. The highest BCUT2D eigenvalue weighted by Gasteiger charge is 2.26. The van der Waals surface area contributed by atoms with Gasteiger partial charge in [0, 0.05) is 17.7 Å². The van der Waals surface area contributed by atoms with E-state index in [9.17, 15) is 9.59 Å². The third kappa shape index (κ3) is 5.36. The topological polar surface area (TPSA) is 82.5 Å². The highest BCUT2D eigenvalue weighted by molar-refractivity contribution is 8.00. The lowest BCUT2D eigenvalue weighted by atomic mass is 10.2. The van der Waals surface area contributed by atoms with Crippen molar-refractivity contribution in [3.05, 3.63) is 70.1 Å². The minimum atomic E-state index is -0.216. The van der Waals surface area contributed by atoms with Gasteiger partial charge in [-0.25, -0.2) is 4.98 Å². The average Bonchev–Trinajstić information content (AvgIpc) is 3.21. The van der Waals surface area contributed by atoms with Gasteiger partial charge in [0.1, 0.15) is 11.5 Å².